The van der Waals surface area contributed by atoms with Crippen LogP contribution in [0.2, 0.25) is 0 Å². The van der Waals surface area contributed by atoms with E-state index >= 15 is 0 Å². The number of imide groups is 1. The van der Waals surface area contributed by atoms with Crippen molar-refractivity contribution in [2.45, 2.75) is 19.8 Å². The second kappa shape index (κ2) is 8.71. The predicted molar refractivity (Wildman–Crippen MR) is 115 cm³/mol. The Morgan fingerprint density at radius 1 is 0.839 bits per heavy atom. The molecule has 0 saturated carbocycles. The minimum atomic E-state index is -0.295. The van der Waals surface area contributed by atoms with Gasteiger partial charge in [0.25, 0.3) is 17.7 Å². The molecule has 7 heteroatoms. The van der Waals surface area contributed by atoms with Crippen LogP contribution in [0.4, 0.5) is 0 Å². The maximum Gasteiger partial charge on any atom is 0.261 e. The zero-order valence-corrected chi connectivity index (χ0v) is 17.5. The fourth-order valence-electron chi connectivity index (χ4n) is 4.11. The number of hydrogen-bond donors (Lipinski definition) is 0. The summed E-state index contributed by atoms with van der Waals surface area (Å²) >= 11 is 0. The fraction of sp³-hybridized carbons (Fsp3) is 0.333. The van der Waals surface area contributed by atoms with Crippen molar-refractivity contribution >= 4 is 23.6 Å². The minimum Gasteiger partial charge on any atom is -0.339 e. The zero-order valence-electron chi connectivity index (χ0n) is 17.5. The van der Waals surface area contributed by atoms with Crippen LogP contribution in [-0.4, -0.2) is 71.1 Å². The van der Waals surface area contributed by atoms with Crippen LogP contribution in [0.1, 0.15) is 49.5 Å². The number of rotatable bonds is 5. The lowest BCUT2D eigenvalue weighted by atomic mass is 10.1. The van der Waals surface area contributed by atoms with Gasteiger partial charge < -0.3 is 9.80 Å². The van der Waals surface area contributed by atoms with Crippen molar-refractivity contribution in [3.8, 4) is 0 Å². The van der Waals surface area contributed by atoms with E-state index in [1.807, 2.05) is 31.2 Å². The molecule has 0 bridgehead atoms. The molecule has 0 spiro atoms. The van der Waals surface area contributed by atoms with Gasteiger partial charge in [0.15, 0.2) is 0 Å². The molecule has 160 valence electrons. The summed E-state index contributed by atoms with van der Waals surface area (Å²) < 4.78 is 0. The van der Waals surface area contributed by atoms with E-state index in [0.717, 1.165) is 5.56 Å². The zero-order chi connectivity index (χ0) is 22.0. The van der Waals surface area contributed by atoms with Crippen LogP contribution < -0.4 is 0 Å². The Morgan fingerprint density at radius 3 is 2.06 bits per heavy atom. The summed E-state index contributed by atoms with van der Waals surface area (Å²) in [5.74, 6) is -0.617. The van der Waals surface area contributed by atoms with Crippen LogP contribution in [0, 0.1) is 6.92 Å². The molecule has 0 radical (unpaired) electrons. The van der Waals surface area contributed by atoms with Crippen LogP contribution >= 0.6 is 0 Å². The Kier molecular flexibility index (Phi) is 5.84. The fourth-order valence-corrected chi connectivity index (χ4v) is 4.11. The third kappa shape index (κ3) is 4.21. The Bertz CT molecular complexity index is 1010. The number of carbonyl (C=O) groups excluding carboxylic acids is 4. The third-order valence-corrected chi connectivity index (χ3v) is 5.84. The number of amides is 4. The minimum absolute atomic E-state index is 0.0126. The summed E-state index contributed by atoms with van der Waals surface area (Å²) in [5, 5.41) is 0. The van der Waals surface area contributed by atoms with E-state index in [-0.39, 0.29) is 36.6 Å². The Morgan fingerprint density at radius 2 is 1.45 bits per heavy atom. The van der Waals surface area contributed by atoms with Gasteiger partial charge in [0.05, 0.1) is 11.1 Å². The number of fused-ring (bicyclic) bond motifs is 1. The first-order valence-corrected chi connectivity index (χ1v) is 10.5. The molecule has 31 heavy (non-hydrogen) atoms. The van der Waals surface area contributed by atoms with Crippen LogP contribution in [0.15, 0.2) is 48.5 Å². The third-order valence-electron chi connectivity index (χ3n) is 5.84. The molecule has 0 aromatic heterocycles. The first-order valence-electron chi connectivity index (χ1n) is 10.5. The summed E-state index contributed by atoms with van der Waals surface area (Å²) in [6.45, 7) is 4.15. The van der Waals surface area contributed by atoms with Crippen molar-refractivity contribution in [3.05, 3.63) is 70.8 Å². The molecule has 2 aliphatic rings. The van der Waals surface area contributed by atoms with Crippen LogP contribution in [0.3, 0.4) is 0 Å². The molecule has 4 rings (SSSR count). The van der Waals surface area contributed by atoms with Gasteiger partial charge in [0.2, 0.25) is 5.91 Å². The highest BCUT2D eigenvalue weighted by molar-refractivity contribution is 6.21. The molecule has 4 amide bonds. The molecule has 2 aromatic rings. The molecule has 0 aliphatic carbocycles. The Labute approximate surface area is 181 Å². The Balaban J connectivity index is 1.24. The maximum absolute atomic E-state index is 12.7. The molecule has 2 aromatic carbocycles. The maximum atomic E-state index is 12.7. The highest BCUT2D eigenvalue weighted by Gasteiger charge is 2.34. The molecule has 1 saturated heterocycles. The van der Waals surface area contributed by atoms with Crippen molar-refractivity contribution in [1.82, 2.24) is 14.7 Å². The lowest BCUT2D eigenvalue weighted by Crippen LogP contribution is -2.50. The molecule has 0 atom stereocenters. The molecular formula is C24H25N3O4. The summed E-state index contributed by atoms with van der Waals surface area (Å²) in [6, 6.07) is 14.3. The molecule has 1 fully saturated rings. The van der Waals surface area contributed by atoms with E-state index in [4.69, 9.17) is 0 Å². The van der Waals surface area contributed by atoms with Gasteiger partial charge in [-0.15, -0.1) is 0 Å². The van der Waals surface area contributed by atoms with Gasteiger partial charge in [-0.1, -0.05) is 29.8 Å². The lowest BCUT2D eigenvalue weighted by molar-refractivity contribution is -0.132. The summed E-state index contributed by atoms with van der Waals surface area (Å²) in [5.41, 5.74) is 2.56. The SMILES string of the molecule is Cc1cccc(C(=O)N2CCN(C(=O)CCCN3C(=O)c4ccccc4C3=O)CC2)c1. The molecular weight excluding hydrogens is 394 g/mol. The number of nitrogens with zero attached hydrogens (tertiary/aromatic N) is 3. The van der Waals surface area contributed by atoms with E-state index in [0.29, 0.717) is 49.3 Å². The van der Waals surface area contributed by atoms with Gasteiger partial charge in [0, 0.05) is 44.7 Å². The topological polar surface area (TPSA) is 78.0 Å². The number of hydrogen-bond acceptors (Lipinski definition) is 4. The van der Waals surface area contributed by atoms with E-state index in [2.05, 4.69) is 0 Å². The van der Waals surface area contributed by atoms with Gasteiger partial charge in [-0.05, 0) is 37.6 Å². The first-order chi connectivity index (χ1) is 15.0. The highest BCUT2D eigenvalue weighted by atomic mass is 16.2. The first kappa shape index (κ1) is 20.8. The molecule has 0 unspecified atom stereocenters. The average Bonchev–Trinajstić information content (AvgIpc) is 3.03. The van der Waals surface area contributed by atoms with Gasteiger partial charge in [-0.3, -0.25) is 24.1 Å². The standard InChI is InChI=1S/C24H25N3O4/c1-17-6-4-7-18(16-17)22(29)26-14-12-25(13-15-26)21(28)10-5-11-27-23(30)19-8-2-3-9-20(19)24(27)31/h2-4,6-9,16H,5,10-15H2,1H3. The second-order valence-electron chi connectivity index (χ2n) is 7.95. The van der Waals surface area contributed by atoms with Crippen molar-refractivity contribution in [2.24, 2.45) is 0 Å². The van der Waals surface area contributed by atoms with E-state index in [9.17, 15) is 19.2 Å². The van der Waals surface area contributed by atoms with Crippen molar-refractivity contribution in [3.63, 3.8) is 0 Å². The normalized spacial score (nSPS) is 16.0. The molecule has 2 heterocycles. The average molecular weight is 419 g/mol. The summed E-state index contributed by atoms with van der Waals surface area (Å²) in [6.07, 6.45) is 0.686. The van der Waals surface area contributed by atoms with E-state index in [1.54, 1.807) is 34.1 Å². The van der Waals surface area contributed by atoms with Gasteiger partial charge >= 0.3 is 0 Å². The monoisotopic (exact) mass is 419 g/mol. The van der Waals surface area contributed by atoms with Crippen molar-refractivity contribution < 1.29 is 19.2 Å². The Hall–Kier alpha value is -3.48. The highest BCUT2D eigenvalue weighted by Crippen LogP contribution is 2.22. The molecule has 2 aliphatic heterocycles. The number of benzene rings is 2. The van der Waals surface area contributed by atoms with Crippen LogP contribution in [-0.2, 0) is 4.79 Å². The van der Waals surface area contributed by atoms with Gasteiger partial charge in [0.1, 0.15) is 0 Å². The quantitative estimate of drug-likeness (QED) is 0.697. The van der Waals surface area contributed by atoms with E-state index in [1.165, 1.54) is 4.90 Å². The van der Waals surface area contributed by atoms with Gasteiger partial charge in [-0.2, -0.15) is 0 Å². The lowest BCUT2D eigenvalue weighted by Gasteiger charge is -2.35. The summed E-state index contributed by atoms with van der Waals surface area (Å²) in [7, 11) is 0. The van der Waals surface area contributed by atoms with Crippen molar-refractivity contribution in [2.75, 3.05) is 32.7 Å². The van der Waals surface area contributed by atoms with E-state index < -0.39 is 0 Å². The second-order valence-corrected chi connectivity index (χ2v) is 7.95. The number of piperazine rings is 1. The van der Waals surface area contributed by atoms with Crippen molar-refractivity contribution in [1.29, 1.82) is 0 Å². The predicted octanol–water partition coefficient (Wildman–Crippen LogP) is 2.36. The summed E-state index contributed by atoms with van der Waals surface area (Å²) in [4.78, 5) is 54.8. The molecule has 7 nitrogen and oxygen atoms in total. The largest absolute Gasteiger partial charge is 0.339 e. The number of aryl methyl sites for hydroxylation is 1. The molecule has 0 N–H and O–H groups in total. The van der Waals surface area contributed by atoms with Crippen LogP contribution in [0.25, 0.3) is 0 Å². The van der Waals surface area contributed by atoms with Crippen LogP contribution in [0.5, 0.6) is 0 Å². The van der Waals surface area contributed by atoms with Gasteiger partial charge in [-0.25, -0.2) is 0 Å². The smallest absolute Gasteiger partial charge is 0.261 e. The number of carbonyl (C=O) groups is 4.